The molecular formula is C10H13N5O. The molecule has 0 aromatic carbocycles. The Kier molecular flexibility index (Phi) is 1.95. The molecule has 16 heavy (non-hydrogen) atoms. The lowest BCUT2D eigenvalue weighted by Gasteiger charge is -2.07. The van der Waals surface area contributed by atoms with Crippen molar-refractivity contribution < 1.29 is 0 Å². The Labute approximate surface area is 91.5 Å². The highest BCUT2D eigenvalue weighted by atomic mass is 16.1. The van der Waals surface area contributed by atoms with Gasteiger partial charge in [-0.2, -0.15) is 4.98 Å². The van der Waals surface area contributed by atoms with Crippen molar-refractivity contribution in [3.63, 3.8) is 0 Å². The first-order chi connectivity index (χ1) is 7.75. The molecule has 0 unspecified atom stereocenters. The van der Waals surface area contributed by atoms with E-state index in [1.807, 2.05) is 0 Å². The number of rotatable bonds is 3. The van der Waals surface area contributed by atoms with Crippen molar-refractivity contribution in [3.05, 3.63) is 16.7 Å². The summed E-state index contributed by atoms with van der Waals surface area (Å²) in [7, 11) is 0. The van der Waals surface area contributed by atoms with Gasteiger partial charge >= 0.3 is 0 Å². The molecule has 0 spiro atoms. The SMILES string of the molecule is Nc1nc2nc[nH]c2c(=O)n1CCC1CC1. The molecule has 3 rings (SSSR count). The van der Waals surface area contributed by atoms with Crippen LogP contribution in [-0.2, 0) is 6.54 Å². The van der Waals surface area contributed by atoms with E-state index in [2.05, 4.69) is 15.0 Å². The smallest absolute Gasteiger partial charge is 0.280 e. The molecule has 1 aliphatic rings. The summed E-state index contributed by atoms with van der Waals surface area (Å²) in [6.45, 7) is 0.650. The van der Waals surface area contributed by atoms with Crippen LogP contribution in [0.5, 0.6) is 0 Å². The van der Waals surface area contributed by atoms with E-state index in [0.29, 0.717) is 17.7 Å². The number of fused-ring (bicyclic) bond motifs is 1. The maximum absolute atomic E-state index is 12.0. The van der Waals surface area contributed by atoms with E-state index in [-0.39, 0.29) is 11.5 Å². The average molecular weight is 219 g/mol. The molecule has 2 aromatic heterocycles. The number of nitrogens with one attached hydrogen (secondary N) is 1. The number of nitrogen functional groups attached to an aromatic ring is 1. The van der Waals surface area contributed by atoms with Crippen LogP contribution in [0.2, 0.25) is 0 Å². The van der Waals surface area contributed by atoms with E-state index in [4.69, 9.17) is 5.73 Å². The second kappa shape index (κ2) is 3.33. The van der Waals surface area contributed by atoms with Crippen LogP contribution in [0.4, 0.5) is 5.95 Å². The number of aromatic amines is 1. The van der Waals surface area contributed by atoms with E-state index in [1.165, 1.54) is 23.7 Å². The largest absolute Gasteiger partial charge is 0.369 e. The number of hydrogen-bond donors (Lipinski definition) is 2. The van der Waals surface area contributed by atoms with Crippen LogP contribution in [0.25, 0.3) is 11.2 Å². The van der Waals surface area contributed by atoms with E-state index in [1.54, 1.807) is 0 Å². The minimum Gasteiger partial charge on any atom is -0.369 e. The van der Waals surface area contributed by atoms with Gasteiger partial charge in [-0.1, -0.05) is 12.8 Å². The number of anilines is 1. The van der Waals surface area contributed by atoms with Gasteiger partial charge in [0, 0.05) is 6.54 Å². The van der Waals surface area contributed by atoms with Crippen LogP contribution < -0.4 is 11.3 Å². The number of nitrogens with zero attached hydrogens (tertiary/aromatic N) is 3. The first-order valence-electron chi connectivity index (χ1n) is 5.45. The highest BCUT2D eigenvalue weighted by molar-refractivity contribution is 5.69. The van der Waals surface area contributed by atoms with Crippen LogP contribution in [0.15, 0.2) is 11.1 Å². The lowest BCUT2D eigenvalue weighted by Crippen LogP contribution is -2.25. The van der Waals surface area contributed by atoms with E-state index in [0.717, 1.165) is 12.3 Å². The summed E-state index contributed by atoms with van der Waals surface area (Å²) < 4.78 is 1.53. The van der Waals surface area contributed by atoms with E-state index in [9.17, 15) is 4.79 Å². The molecule has 3 N–H and O–H groups in total. The normalized spacial score (nSPS) is 15.8. The zero-order valence-electron chi connectivity index (χ0n) is 8.81. The Morgan fingerprint density at radius 1 is 1.56 bits per heavy atom. The van der Waals surface area contributed by atoms with Gasteiger partial charge in [0.05, 0.1) is 6.33 Å². The zero-order valence-corrected chi connectivity index (χ0v) is 8.81. The lowest BCUT2D eigenvalue weighted by atomic mass is 10.3. The van der Waals surface area contributed by atoms with Crippen molar-refractivity contribution in [2.45, 2.75) is 25.8 Å². The molecule has 0 radical (unpaired) electrons. The average Bonchev–Trinajstić information content (AvgIpc) is 2.96. The van der Waals surface area contributed by atoms with Crippen molar-refractivity contribution in [1.82, 2.24) is 19.5 Å². The Morgan fingerprint density at radius 3 is 3.12 bits per heavy atom. The van der Waals surface area contributed by atoms with Crippen molar-refractivity contribution >= 4 is 17.1 Å². The maximum Gasteiger partial charge on any atom is 0.280 e. The summed E-state index contributed by atoms with van der Waals surface area (Å²) in [6.07, 6.45) is 5.01. The lowest BCUT2D eigenvalue weighted by molar-refractivity contribution is 0.585. The minimum absolute atomic E-state index is 0.124. The van der Waals surface area contributed by atoms with Gasteiger partial charge < -0.3 is 10.7 Å². The van der Waals surface area contributed by atoms with Crippen molar-refractivity contribution in [1.29, 1.82) is 0 Å². The number of aromatic nitrogens is 4. The van der Waals surface area contributed by atoms with Gasteiger partial charge in [-0.05, 0) is 12.3 Å². The summed E-state index contributed by atoms with van der Waals surface area (Å²) in [5.74, 6) is 1.02. The topological polar surface area (TPSA) is 89.6 Å². The highest BCUT2D eigenvalue weighted by Crippen LogP contribution is 2.32. The Hall–Kier alpha value is -1.85. The zero-order chi connectivity index (χ0) is 11.1. The number of hydrogen-bond acceptors (Lipinski definition) is 4. The summed E-state index contributed by atoms with van der Waals surface area (Å²) in [5, 5.41) is 0. The first-order valence-corrected chi connectivity index (χ1v) is 5.45. The van der Waals surface area contributed by atoms with Crippen LogP contribution in [0.1, 0.15) is 19.3 Å². The van der Waals surface area contributed by atoms with Crippen LogP contribution in [0.3, 0.4) is 0 Å². The minimum atomic E-state index is -0.124. The second-order valence-electron chi connectivity index (χ2n) is 4.26. The number of nitrogens with two attached hydrogens (primary N) is 1. The second-order valence-corrected chi connectivity index (χ2v) is 4.26. The maximum atomic E-state index is 12.0. The molecule has 2 aromatic rings. The summed E-state index contributed by atoms with van der Waals surface area (Å²) in [4.78, 5) is 22.8. The van der Waals surface area contributed by atoms with Crippen LogP contribution >= 0.6 is 0 Å². The molecule has 6 heteroatoms. The third-order valence-corrected chi connectivity index (χ3v) is 3.03. The fourth-order valence-corrected chi connectivity index (χ4v) is 1.87. The molecule has 0 saturated heterocycles. The molecular weight excluding hydrogens is 206 g/mol. The molecule has 0 bridgehead atoms. The predicted octanol–water partition coefficient (Wildman–Crippen LogP) is 0.502. The molecule has 6 nitrogen and oxygen atoms in total. The fourth-order valence-electron chi connectivity index (χ4n) is 1.87. The molecule has 2 heterocycles. The number of H-pyrrole nitrogens is 1. The Balaban J connectivity index is 2.03. The standard InChI is InChI=1S/C10H13N5O/c11-10-14-8-7(12-5-13-8)9(16)15(10)4-3-6-1-2-6/h5-6H,1-4H2,(H2,11,14)(H,12,13). The quantitative estimate of drug-likeness (QED) is 0.786. The Bertz CT molecular complexity index is 580. The first kappa shape index (κ1) is 9.38. The van der Waals surface area contributed by atoms with Crippen molar-refractivity contribution in [2.75, 3.05) is 5.73 Å². The Morgan fingerprint density at radius 2 is 2.38 bits per heavy atom. The molecule has 84 valence electrons. The number of imidazole rings is 1. The molecule has 0 amide bonds. The molecule has 0 aliphatic heterocycles. The van der Waals surface area contributed by atoms with Gasteiger partial charge in [-0.3, -0.25) is 9.36 Å². The van der Waals surface area contributed by atoms with Gasteiger partial charge in [-0.15, -0.1) is 0 Å². The third-order valence-electron chi connectivity index (χ3n) is 3.03. The highest BCUT2D eigenvalue weighted by Gasteiger charge is 2.21. The molecule has 1 saturated carbocycles. The fraction of sp³-hybridized carbons (Fsp3) is 0.500. The van der Waals surface area contributed by atoms with Gasteiger partial charge in [-0.25, -0.2) is 4.98 Å². The van der Waals surface area contributed by atoms with E-state index < -0.39 is 0 Å². The predicted molar refractivity (Wildman–Crippen MR) is 59.9 cm³/mol. The summed E-state index contributed by atoms with van der Waals surface area (Å²) in [5.41, 5.74) is 6.46. The van der Waals surface area contributed by atoms with Gasteiger partial charge in [0.15, 0.2) is 11.2 Å². The van der Waals surface area contributed by atoms with Crippen LogP contribution in [-0.4, -0.2) is 19.5 Å². The third kappa shape index (κ3) is 1.46. The van der Waals surface area contributed by atoms with Gasteiger partial charge in [0.2, 0.25) is 5.95 Å². The molecule has 1 fully saturated rings. The van der Waals surface area contributed by atoms with Crippen LogP contribution in [0, 0.1) is 5.92 Å². The molecule has 0 atom stereocenters. The van der Waals surface area contributed by atoms with Gasteiger partial charge in [0.25, 0.3) is 5.56 Å². The van der Waals surface area contributed by atoms with E-state index >= 15 is 0 Å². The summed E-state index contributed by atoms with van der Waals surface area (Å²) >= 11 is 0. The molecule has 1 aliphatic carbocycles. The monoisotopic (exact) mass is 219 g/mol. The van der Waals surface area contributed by atoms with Gasteiger partial charge in [0.1, 0.15) is 0 Å². The van der Waals surface area contributed by atoms with Crippen molar-refractivity contribution in [2.24, 2.45) is 5.92 Å². The summed E-state index contributed by atoms with van der Waals surface area (Å²) in [6, 6.07) is 0. The van der Waals surface area contributed by atoms with Crippen molar-refractivity contribution in [3.8, 4) is 0 Å².